The molecule has 1 aromatic heterocycles. The van der Waals surface area contributed by atoms with E-state index >= 15 is 0 Å². The van der Waals surface area contributed by atoms with Crippen molar-refractivity contribution in [2.45, 2.75) is 26.0 Å². The van der Waals surface area contributed by atoms with Crippen LogP contribution in [0.2, 0.25) is 0 Å². The van der Waals surface area contributed by atoms with Gasteiger partial charge in [-0.2, -0.15) is 0 Å². The number of anilines is 1. The van der Waals surface area contributed by atoms with Crippen molar-refractivity contribution in [2.75, 3.05) is 18.4 Å². The standard InChI is InChI=1S/C17H21N3O/c1-13-10-20-16-9-14(4-5-17(16)21-13)6-8-19-12-15-3-2-7-18-11-15/h2-5,7,9,11,13,19-20H,6,8,10,12H2,1H3. The maximum atomic E-state index is 5.79. The summed E-state index contributed by atoms with van der Waals surface area (Å²) in [5.41, 5.74) is 3.64. The van der Waals surface area contributed by atoms with Crippen LogP contribution in [0.15, 0.2) is 42.7 Å². The van der Waals surface area contributed by atoms with Gasteiger partial charge < -0.3 is 15.4 Å². The molecule has 2 heterocycles. The molecule has 1 aliphatic rings. The topological polar surface area (TPSA) is 46.2 Å². The molecule has 4 heteroatoms. The van der Waals surface area contributed by atoms with E-state index in [0.717, 1.165) is 37.5 Å². The maximum Gasteiger partial charge on any atom is 0.142 e. The second kappa shape index (κ2) is 6.59. The Morgan fingerprint density at radius 1 is 1.33 bits per heavy atom. The highest BCUT2D eigenvalue weighted by atomic mass is 16.5. The number of benzene rings is 1. The largest absolute Gasteiger partial charge is 0.487 e. The average Bonchev–Trinajstić information content (AvgIpc) is 2.52. The number of nitrogens with zero attached hydrogens (tertiary/aromatic N) is 1. The smallest absolute Gasteiger partial charge is 0.142 e. The molecule has 0 saturated heterocycles. The summed E-state index contributed by atoms with van der Waals surface area (Å²) in [5.74, 6) is 0.959. The average molecular weight is 283 g/mol. The number of hydrogen-bond donors (Lipinski definition) is 2. The highest BCUT2D eigenvalue weighted by Crippen LogP contribution is 2.29. The van der Waals surface area contributed by atoms with E-state index in [4.69, 9.17) is 4.74 Å². The minimum Gasteiger partial charge on any atom is -0.487 e. The molecule has 0 radical (unpaired) electrons. The van der Waals surface area contributed by atoms with Crippen LogP contribution in [-0.4, -0.2) is 24.2 Å². The van der Waals surface area contributed by atoms with Crippen LogP contribution < -0.4 is 15.4 Å². The second-order valence-corrected chi connectivity index (χ2v) is 5.43. The number of nitrogens with one attached hydrogen (secondary N) is 2. The fourth-order valence-corrected chi connectivity index (χ4v) is 2.45. The molecule has 1 atom stereocenters. The molecular formula is C17H21N3O. The predicted molar refractivity (Wildman–Crippen MR) is 84.7 cm³/mol. The van der Waals surface area contributed by atoms with Crippen molar-refractivity contribution >= 4 is 5.69 Å². The van der Waals surface area contributed by atoms with Crippen LogP contribution in [0.25, 0.3) is 0 Å². The summed E-state index contributed by atoms with van der Waals surface area (Å²) in [6, 6.07) is 10.4. The zero-order chi connectivity index (χ0) is 14.5. The summed E-state index contributed by atoms with van der Waals surface area (Å²) >= 11 is 0. The zero-order valence-corrected chi connectivity index (χ0v) is 12.3. The normalized spacial score (nSPS) is 16.7. The Kier molecular flexibility index (Phi) is 4.36. The summed E-state index contributed by atoms with van der Waals surface area (Å²) in [6.07, 6.45) is 4.94. The fraction of sp³-hybridized carbons (Fsp3) is 0.353. The van der Waals surface area contributed by atoms with Gasteiger partial charge in [-0.3, -0.25) is 4.98 Å². The van der Waals surface area contributed by atoms with Gasteiger partial charge in [0.15, 0.2) is 0 Å². The minimum atomic E-state index is 0.240. The van der Waals surface area contributed by atoms with Crippen molar-refractivity contribution in [3.8, 4) is 5.75 Å². The third-order valence-corrected chi connectivity index (χ3v) is 3.59. The van der Waals surface area contributed by atoms with E-state index in [9.17, 15) is 0 Å². The Bertz CT molecular complexity index is 586. The highest BCUT2D eigenvalue weighted by Gasteiger charge is 2.15. The number of fused-ring (bicyclic) bond motifs is 1. The Hall–Kier alpha value is -2.07. The van der Waals surface area contributed by atoms with Crippen molar-refractivity contribution in [1.29, 1.82) is 0 Å². The molecule has 0 bridgehead atoms. The quantitative estimate of drug-likeness (QED) is 0.828. The van der Waals surface area contributed by atoms with E-state index in [-0.39, 0.29) is 6.10 Å². The Morgan fingerprint density at radius 3 is 3.14 bits per heavy atom. The van der Waals surface area contributed by atoms with Crippen molar-refractivity contribution in [3.05, 3.63) is 53.9 Å². The van der Waals surface area contributed by atoms with Gasteiger partial charge in [0.1, 0.15) is 11.9 Å². The fourth-order valence-electron chi connectivity index (χ4n) is 2.45. The maximum absolute atomic E-state index is 5.79. The Morgan fingerprint density at radius 2 is 2.29 bits per heavy atom. The summed E-state index contributed by atoms with van der Waals surface area (Å²) in [4.78, 5) is 4.11. The van der Waals surface area contributed by atoms with Crippen molar-refractivity contribution < 1.29 is 4.74 Å². The van der Waals surface area contributed by atoms with Gasteiger partial charge in [0.05, 0.1) is 12.2 Å². The van der Waals surface area contributed by atoms with Crippen molar-refractivity contribution in [3.63, 3.8) is 0 Å². The molecule has 0 spiro atoms. The first kappa shape index (κ1) is 13.9. The van der Waals surface area contributed by atoms with Gasteiger partial charge in [0, 0.05) is 18.9 Å². The molecule has 0 amide bonds. The highest BCUT2D eigenvalue weighted by molar-refractivity contribution is 5.59. The Labute approximate surface area is 125 Å². The van der Waals surface area contributed by atoms with Crippen LogP contribution >= 0.6 is 0 Å². The summed E-state index contributed by atoms with van der Waals surface area (Å²) < 4.78 is 5.79. The van der Waals surface area contributed by atoms with Gasteiger partial charge in [-0.15, -0.1) is 0 Å². The van der Waals surface area contributed by atoms with E-state index in [2.05, 4.69) is 46.8 Å². The number of hydrogen-bond acceptors (Lipinski definition) is 4. The van der Waals surface area contributed by atoms with E-state index in [1.807, 2.05) is 12.3 Å². The molecule has 2 N–H and O–H groups in total. The number of rotatable bonds is 5. The number of ether oxygens (including phenoxy) is 1. The molecule has 1 aromatic carbocycles. The lowest BCUT2D eigenvalue weighted by molar-refractivity contribution is 0.226. The molecule has 1 aliphatic heterocycles. The molecule has 1 unspecified atom stereocenters. The van der Waals surface area contributed by atoms with Gasteiger partial charge in [-0.1, -0.05) is 12.1 Å². The molecule has 21 heavy (non-hydrogen) atoms. The number of pyridine rings is 1. The van der Waals surface area contributed by atoms with E-state index in [0.29, 0.717) is 0 Å². The van der Waals surface area contributed by atoms with Crippen molar-refractivity contribution in [2.24, 2.45) is 0 Å². The van der Waals surface area contributed by atoms with E-state index in [1.165, 1.54) is 11.1 Å². The SMILES string of the molecule is CC1CNc2cc(CCNCc3cccnc3)ccc2O1. The van der Waals surface area contributed by atoms with Crippen LogP contribution in [-0.2, 0) is 13.0 Å². The first-order valence-corrected chi connectivity index (χ1v) is 7.44. The molecule has 0 aliphatic carbocycles. The molecule has 4 nitrogen and oxygen atoms in total. The second-order valence-electron chi connectivity index (χ2n) is 5.43. The van der Waals surface area contributed by atoms with Crippen molar-refractivity contribution in [1.82, 2.24) is 10.3 Å². The third-order valence-electron chi connectivity index (χ3n) is 3.59. The first-order valence-electron chi connectivity index (χ1n) is 7.44. The predicted octanol–water partition coefficient (Wildman–Crippen LogP) is 2.61. The van der Waals surface area contributed by atoms with E-state index < -0.39 is 0 Å². The van der Waals surface area contributed by atoms with Gasteiger partial charge in [-0.25, -0.2) is 0 Å². The zero-order valence-electron chi connectivity index (χ0n) is 12.3. The van der Waals surface area contributed by atoms with Crippen LogP contribution in [0.5, 0.6) is 5.75 Å². The lowest BCUT2D eigenvalue weighted by Crippen LogP contribution is -2.27. The van der Waals surface area contributed by atoms with Crippen LogP contribution in [0.3, 0.4) is 0 Å². The summed E-state index contributed by atoms with van der Waals surface area (Å²) in [7, 11) is 0. The van der Waals surface area contributed by atoms with E-state index in [1.54, 1.807) is 6.20 Å². The summed E-state index contributed by atoms with van der Waals surface area (Å²) in [5, 5.41) is 6.86. The monoisotopic (exact) mass is 283 g/mol. The molecular weight excluding hydrogens is 262 g/mol. The minimum absolute atomic E-state index is 0.240. The lowest BCUT2D eigenvalue weighted by atomic mass is 10.1. The van der Waals surface area contributed by atoms with Crippen LogP contribution in [0.1, 0.15) is 18.1 Å². The van der Waals surface area contributed by atoms with Gasteiger partial charge in [0.2, 0.25) is 0 Å². The summed E-state index contributed by atoms with van der Waals surface area (Å²) in [6.45, 7) is 4.75. The molecule has 2 aromatic rings. The molecule has 0 saturated carbocycles. The molecule has 0 fully saturated rings. The number of aromatic nitrogens is 1. The Balaban J connectivity index is 1.50. The van der Waals surface area contributed by atoms with Gasteiger partial charge in [0.25, 0.3) is 0 Å². The van der Waals surface area contributed by atoms with Crippen LogP contribution in [0, 0.1) is 0 Å². The third kappa shape index (κ3) is 3.73. The first-order chi connectivity index (χ1) is 10.3. The van der Waals surface area contributed by atoms with Gasteiger partial charge >= 0.3 is 0 Å². The van der Waals surface area contributed by atoms with Crippen LogP contribution in [0.4, 0.5) is 5.69 Å². The lowest BCUT2D eigenvalue weighted by Gasteiger charge is -2.25. The molecule has 3 rings (SSSR count). The van der Waals surface area contributed by atoms with Gasteiger partial charge in [-0.05, 0) is 49.2 Å². The molecule has 110 valence electrons.